The Bertz CT molecular complexity index is 997. The summed E-state index contributed by atoms with van der Waals surface area (Å²) < 4.78 is 52.8. The number of carbonyl (C=O) groups excluding carboxylic acids is 2. The number of sulfonamides is 1. The summed E-state index contributed by atoms with van der Waals surface area (Å²) in [5, 5.41) is 2.42. The summed E-state index contributed by atoms with van der Waals surface area (Å²) in [7, 11) is -2.84. The van der Waals surface area contributed by atoms with Crippen LogP contribution in [0.25, 0.3) is 0 Å². The van der Waals surface area contributed by atoms with Crippen molar-refractivity contribution in [3.05, 3.63) is 58.6 Å². The fourth-order valence-electron chi connectivity index (χ4n) is 2.10. The maximum Gasteiger partial charge on any atom is 0.251 e. The number of primary amides is 1. The topological polar surface area (TPSA) is 110 Å². The number of halogens is 3. The molecule has 0 saturated heterocycles. The number of hydrogen-bond acceptors (Lipinski definition) is 4. The monoisotopic (exact) mass is 417 g/mol. The molecule has 3 N–H and O–H groups in total. The molecule has 0 bridgehead atoms. The van der Waals surface area contributed by atoms with Gasteiger partial charge in [-0.3, -0.25) is 9.59 Å². The lowest BCUT2D eigenvalue weighted by molar-refractivity contribution is -0.116. The van der Waals surface area contributed by atoms with E-state index in [-0.39, 0.29) is 4.90 Å². The van der Waals surface area contributed by atoms with Crippen molar-refractivity contribution in [2.75, 3.05) is 18.9 Å². The number of likely N-dealkylation sites (N-methyl/N-ethyl adjacent to an activating group) is 1. The van der Waals surface area contributed by atoms with Gasteiger partial charge in [0, 0.05) is 18.1 Å². The Morgan fingerprint density at radius 2 is 1.74 bits per heavy atom. The molecule has 0 atom stereocenters. The van der Waals surface area contributed by atoms with Gasteiger partial charge in [0.1, 0.15) is 11.6 Å². The Morgan fingerprint density at radius 3 is 2.30 bits per heavy atom. The number of nitrogens with one attached hydrogen (secondary N) is 1. The highest BCUT2D eigenvalue weighted by molar-refractivity contribution is 7.89. The zero-order valence-electron chi connectivity index (χ0n) is 13.9. The van der Waals surface area contributed by atoms with Crippen molar-refractivity contribution in [3.8, 4) is 0 Å². The van der Waals surface area contributed by atoms with E-state index in [1.807, 2.05) is 0 Å². The van der Waals surface area contributed by atoms with E-state index in [1.54, 1.807) is 0 Å². The van der Waals surface area contributed by atoms with E-state index in [4.69, 9.17) is 17.3 Å². The maximum absolute atomic E-state index is 13.8. The third-order valence-electron chi connectivity index (χ3n) is 3.48. The van der Waals surface area contributed by atoms with E-state index in [9.17, 15) is 26.8 Å². The second kappa shape index (κ2) is 7.99. The molecule has 2 aromatic rings. The van der Waals surface area contributed by atoms with Gasteiger partial charge < -0.3 is 11.1 Å². The van der Waals surface area contributed by atoms with Gasteiger partial charge in [-0.2, -0.15) is 4.31 Å². The molecule has 11 heteroatoms. The van der Waals surface area contributed by atoms with Crippen molar-refractivity contribution in [1.82, 2.24) is 4.31 Å². The molecule has 7 nitrogen and oxygen atoms in total. The van der Waals surface area contributed by atoms with Crippen molar-refractivity contribution < 1.29 is 26.8 Å². The van der Waals surface area contributed by atoms with E-state index in [2.05, 4.69) is 5.32 Å². The van der Waals surface area contributed by atoms with E-state index in [1.165, 1.54) is 24.3 Å². The van der Waals surface area contributed by atoms with Crippen LogP contribution in [0.1, 0.15) is 10.4 Å². The number of carbonyl (C=O) groups is 2. The van der Waals surface area contributed by atoms with Crippen LogP contribution in [-0.2, 0) is 14.8 Å². The molecule has 0 aliphatic heterocycles. The van der Waals surface area contributed by atoms with E-state index < -0.39 is 51.3 Å². The Hall–Kier alpha value is -2.56. The molecule has 2 amide bonds. The molecular formula is C16H14ClF2N3O4S. The molecular weight excluding hydrogens is 404 g/mol. The molecule has 144 valence electrons. The number of benzene rings is 2. The van der Waals surface area contributed by atoms with Crippen molar-refractivity contribution in [2.45, 2.75) is 4.90 Å². The summed E-state index contributed by atoms with van der Waals surface area (Å²) in [6, 6.07) is 6.42. The molecule has 0 unspecified atom stereocenters. The van der Waals surface area contributed by atoms with Gasteiger partial charge in [-0.15, -0.1) is 0 Å². The Morgan fingerprint density at radius 1 is 1.15 bits per heavy atom. The lowest BCUT2D eigenvalue weighted by Gasteiger charge is -2.17. The minimum atomic E-state index is -4.00. The van der Waals surface area contributed by atoms with Crippen LogP contribution in [0.2, 0.25) is 5.02 Å². The van der Waals surface area contributed by atoms with Crippen LogP contribution in [0.3, 0.4) is 0 Å². The first-order valence-electron chi connectivity index (χ1n) is 7.33. The van der Waals surface area contributed by atoms with Gasteiger partial charge in [-0.05, 0) is 30.3 Å². The number of rotatable bonds is 6. The summed E-state index contributed by atoms with van der Waals surface area (Å²) in [5.74, 6) is -4.38. The van der Waals surface area contributed by atoms with E-state index >= 15 is 0 Å². The minimum absolute atomic E-state index is 0.0915. The van der Waals surface area contributed by atoms with Crippen LogP contribution in [-0.4, -0.2) is 38.1 Å². The van der Waals surface area contributed by atoms with Crippen LogP contribution >= 0.6 is 11.6 Å². The zero-order chi connectivity index (χ0) is 20.4. The number of anilines is 1. The molecule has 27 heavy (non-hydrogen) atoms. The highest BCUT2D eigenvalue weighted by Gasteiger charge is 2.24. The average molecular weight is 418 g/mol. The fraction of sp³-hybridized carbons (Fsp3) is 0.125. The first kappa shape index (κ1) is 20.7. The predicted octanol–water partition coefficient (Wildman–Crippen LogP) is 1.98. The summed E-state index contributed by atoms with van der Waals surface area (Å²) in [4.78, 5) is 23.1. The third kappa shape index (κ3) is 4.79. The molecule has 2 aromatic carbocycles. The van der Waals surface area contributed by atoms with Crippen LogP contribution in [0.4, 0.5) is 14.5 Å². The molecule has 0 saturated carbocycles. The highest BCUT2D eigenvalue weighted by atomic mass is 35.5. The summed E-state index contributed by atoms with van der Waals surface area (Å²) in [6.45, 7) is -0.659. The lowest BCUT2D eigenvalue weighted by atomic mass is 10.1. The molecule has 0 aliphatic rings. The molecule has 0 aliphatic carbocycles. The number of amides is 2. The number of nitrogens with zero attached hydrogens (tertiary/aromatic N) is 1. The fourth-order valence-corrected chi connectivity index (χ4v) is 3.35. The number of nitrogens with two attached hydrogens (primary N) is 1. The van der Waals surface area contributed by atoms with Crippen LogP contribution in [0.5, 0.6) is 0 Å². The van der Waals surface area contributed by atoms with Gasteiger partial charge in [0.2, 0.25) is 15.9 Å². The lowest BCUT2D eigenvalue weighted by Crippen LogP contribution is -2.35. The second-order valence-electron chi connectivity index (χ2n) is 5.44. The van der Waals surface area contributed by atoms with Crippen LogP contribution in [0.15, 0.2) is 41.3 Å². The van der Waals surface area contributed by atoms with Gasteiger partial charge in [0.05, 0.1) is 22.7 Å². The maximum atomic E-state index is 13.8. The Balaban J connectivity index is 2.17. The molecule has 0 aromatic heterocycles. The first-order chi connectivity index (χ1) is 12.5. The smallest absolute Gasteiger partial charge is 0.251 e. The quantitative estimate of drug-likeness (QED) is 0.748. The molecule has 2 rings (SSSR count). The molecule has 0 radical (unpaired) electrons. The van der Waals surface area contributed by atoms with Crippen LogP contribution < -0.4 is 11.1 Å². The van der Waals surface area contributed by atoms with Gasteiger partial charge >= 0.3 is 0 Å². The van der Waals surface area contributed by atoms with Gasteiger partial charge in [-0.25, -0.2) is 17.2 Å². The van der Waals surface area contributed by atoms with Crippen molar-refractivity contribution >= 4 is 39.1 Å². The Labute approximate surface area is 158 Å². The van der Waals surface area contributed by atoms with Crippen molar-refractivity contribution in [3.63, 3.8) is 0 Å². The molecule has 0 heterocycles. The third-order valence-corrected chi connectivity index (χ3v) is 5.55. The largest absolute Gasteiger partial charge is 0.366 e. The average Bonchev–Trinajstić information content (AvgIpc) is 2.57. The van der Waals surface area contributed by atoms with E-state index in [0.29, 0.717) is 11.1 Å². The SMILES string of the molecule is CN(CC(=O)Nc1cc(C(N)=O)c(F)cc1F)S(=O)(=O)c1ccc(Cl)cc1. The van der Waals surface area contributed by atoms with E-state index in [0.717, 1.165) is 17.4 Å². The standard InChI is InChI=1S/C16H14ClF2N3O4S/c1-22(27(25,26)10-4-2-9(17)3-5-10)8-15(23)21-14-6-11(16(20)24)12(18)7-13(14)19/h2-7H,8H2,1H3,(H2,20,24)(H,21,23). The van der Waals surface area contributed by atoms with Gasteiger partial charge in [-0.1, -0.05) is 11.6 Å². The van der Waals surface area contributed by atoms with Crippen molar-refractivity contribution in [1.29, 1.82) is 0 Å². The highest BCUT2D eigenvalue weighted by Crippen LogP contribution is 2.20. The van der Waals surface area contributed by atoms with Gasteiger partial charge in [0.25, 0.3) is 5.91 Å². The predicted molar refractivity (Wildman–Crippen MR) is 94.8 cm³/mol. The second-order valence-corrected chi connectivity index (χ2v) is 7.92. The minimum Gasteiger partial charge on any atom is -0.366 e. The van der Waals surface area contributed by atoms with Crippen molar-refractivity contribution in [2.24, 2.45) is 5.73 Å². The van der Waals surface area contributed by atoms with Gasteiger partial charge in [0.15, 0.2) is 0 Å². The summed E-state index contributed by atoms with van der Waals surface area (Å²) in [5.41, 5.74) is 3.84. The Kier molecular flexibility index (Phi) is 6.14. The molecule has 0 fully saturated rings. The molecule has 0 spiro atoms. The summed E-state index contributed by atoms with van der Waals surface area (Å²) in [6.07, 6.45) is 0. The summed E-state index contributed by atoms with van der Waals surface area (Å²) >= 11 is 5.71. The number of hydrogen-bond donors (Lipinski definition) is 2. The van der Waals surface area contributed by atoms with Crippen LogP contribution in [0, 0.1) is 11.6 Å². The normalized spacial score (nSPS) is 11.4. The zero-order valence-corrected chi connectivity index (χ0v) is 15.4. The first-order valence-corrected chi connectivity index (χ1v) is 9.14.